The lowest BCUT2D eigenvalue weighted by Gasteiger charge is -2.22. The number of ketones is 2. The van der Waals surface area contributed by atoms with E-state index >= 15 is 0 Å². The van der Waals surface area contributed by atoms with Gasteiger partial charge in [-0.1, -0.05) is 35.5 Å². The Kier molecular flexibility index (Phi) is 6.13. The summed E-state index contributed by atoms with van der Waals surface area (Å²) >= 11 is 0. The van der Waals surface area contributed by atoms with Crippen LogP contribution in [0, 0.1) is 0 Å². The van der Waals surface area contributed by atoms with Gasteiger partial charge in [-0.3, -0.25) is 14.6 Å². The number of Topliss-reactive ketones (excluding diaryl/α,β-unsaturated/α-hetero) is 2. The monoisotopic (exact) mass is 434 g/mol. The SMILES string of the molecule is CC(C)(C)N=C1CCCC(=O)/C1=C(\O)CCc1noc2c1C(=O)CC(c1ccccc1)C2. The van der Waals surface area contributed by atoms with Crippen LogP contribution in [0.25, 0.3) is 0 Å². The molecule has 1 N–H and O–H groups in total. The maximum Gasteiger partial charge on any atom is 0.168 e. The zero-order valence-electron chi connectivity index (χ0n) is 19.0. The Labute approximate surface area is 188 Å². The summed E-state index contributed by atoms with van der Waals surface area (Å²) in [6.45, 7) is 5.93. The molecule has 1 atom stereocenters. The number of allylic oxidation sites excluding steroid dienone is 2. The van der Waals surface area contributed by atoms with Crippen LogP contribution in [0.2, 0.25) is 0 Å². The van der Waals surface area contributed by atoms with Gasteiger partial charge in [-0.2, -0.15) is 0 Å². The molecule has 0 radical (unpaired) electrons. The number of benzene rings is 1. The normalized spacial score (nSPS) is 22.2. The standard InChI is InChI=1S/C26H30N2O4/c1-26(2,3)27-18-10-7-11-20(29)24(18)21(30)13-12-19-25-22(31)14-17(15-23(25)32-28-19)16-8-5-4-6-9-16/h4-6,8-9,17,30H,7,10-15H2,1-3H3/b24-21-,27-18?. The zero-order valence-corrected chi connectivity index (χ0v) is 19.0. The molecule has 0 amide bonds. The van der Waals surface area contributed by atoms with Gasteiger partial charge in [0.1, 0.15) is 11.5 Å². The highest BCUT2D eigenvalue weighted by Gasteiger charge is 2.33. The molecule has 168 valence electrons. The van der Waals surface area contributed by atoms with Crippen LogP contribution in [0.1, 0.15) is 86.2 Å². The fourth-order valence-electron chi connectivity index (χ4n) is 4.60. The van der Waals surface area contributed by atoms with Crippen molar-refractivity contribution in [1.29, 1.82) is 0 Å². The van der Waals surface area contributed by atoms with Crippen LogP contribution in [0.15, 0.2) is 51.2 Å². The number of carbonyl (C=O) groups excluding carboxylic acids is 2. The van der Waals surface area contributed by atoms with Crippen molar-refractivity contribution in [3.05, 3.63) is 64.2 Å². The number of fused-ring (bicyclic) bond motifs is 1. The number of aryl methyl sites for hydroxylation is 1. The second-order valence-corrected chi connectivity index (χ2v) is 9.69. The van der Waals surface area contributed by atoms with Gasteiger partial charge in [0.25, 0.3) is 0 Å². The largest absolute Gasteiger partial charge is 0.511 e. The third-order valence-corrected chi connectivity index (χ3v) is 5.99. The van der Waals surface area contributed by atoms with E-state index in [9.17, 15) is 14.7 Å². The molecule has 2 aliphatic carbocycles. The first-order chi connectivity index (χ1) is 15.2. The summed E-state index contributed by atoms with van der Waals surface area (Å²) in [6.07, 6.45) is 3.45. The van der Waals surface area contributed by atoms with Crippen LogP contribution in [0.3, 0.4) is 0 Å². The highest BCUT2D eigenvalue weighted by atomic mass is 16.5. The fraction of sp³-hybridized carbons (Fsp3) is 0.462. The quantitative estimate of drug-likeness (QED) is 0.519. The van der Waals surface area contributed by atoms with Crippen molar-refractivity contribution in [1.82, 2.24) is 5.16 Å². The van der Waals surface area contributed by atoms with Crippen molar-refractivity contribution in [3.8, 4) is 0 Å². The molecule has 0 bridgehead atoms. The van der Waals surface area contributed by atoms with Gasteiger partial charge in [-0.15, -0.1) is 0 Å². The number of aliphatic hydroxyl groups excluding tert-OH is 1. The number of nitrogens with zero attached hydrogens (tertiary/aromatic N) is 2. The Morgan fingerprint density at radius 2 is 1.88 bits per heavy atom. The van der Waals surface area contributed by atoms with Crippen molar-refractivity contribution in [2.24, 2.45) is 4.99 Å². The summed E-state index contributed by atoms with van der Waals surface area (Å²) in [6, 6.07) is 9.97. The summed E-state index contributed by atoms with van der Waals surface area (Å²) in [4.78, 5) is 30.1. The minimum absolute atomic E-state index is 0.0206. The Bertz CT molecular complexity index is 1090. The molecule has 0 saturated heterocycles. The summed E-state index contributed by atoms with van der Waals surface area (Å²) < 4.78 is 5.54. The molecule has 6 nitrogen and oxygen atoms in total. The van der Waals surface area contributed by atoms with Gasteiger partial charge in [0.2, 0.25) is 0 Å². The van der Waals surface area contributed by atoms with Crippen molar-refractivity contribution in [2.45, 2.75) is 77.2 Å². The van der Waals surface area contributed by atoms with Gasteiger partial charge in [-0.25, -0.2) is 0 Å². The number of carbonyl (C=O) groups is 2. The lowest BCUT2D eigenvalue weighted by atomic mass is 9.81. The lowest BCUT2D eigenvalue weighted by molar-refractivity contribution is -0.115. The lowest BCUT2D eigenvalue weighted by Crippen LogP contribution is -2.25. The number of aliphatic imine (C=N–C) groups is 1. The van der Waals surface area contributed by atoms with E-state index in [1.165, 1.54) is 0 Å². The van der Waals surface area contributed by atoms with E-state index in [1.54, 1.807) is 0 Å². The maximum absolute atomic E-state index is 12.9. The molecule has 1 fully saturated rings. The van der Waals surface area contributed by atoms with Crippen LogP contribution in [0.4, 0.5) is 0 Å². The number of aliphatic hydroxyl groups is 1. The van der Waals surface area contributed by atoms with E-state index in [0.717, 1.165) is 12.0 Å². The molecule has 1 saturated carbocycles. The molecule has 1 aromatic heterocycles. The molecule has 32 heavy (non-hydrogen) atoms. The van der Waals surface area contributed by atoms with Gasteiger partial charge in [0.15, 0.2) is 11.6 Å². The Balaban J connectivity index is 1.54. The minimum atomic E-state index is -0.328. The average Bonchev–Trinajstić information content (AvgIpc) is 3.15. The first-order valence-electron chi connectivity index (χ1n) is 11.3. The number of hydrogen-bond acceptors (Lipinski definition) is 6. The second-order valence-electron chi connectivity index (χ2n) is 9.69. The highest BCUT2D eigenvalue weighted by molar-refractivity contribution is 6.24. The van der Waals surface area contributed by atoms with Gasteiger partial charge >= 0.3 is 0 Å². The zero-order chi connectivity index (χ0) is 22.9. The molecular weight excluding hydrogens is 404 g/mol. The molecule has 2 aliphatic rings. The van der Waals surface area contributed by atoms with Crippen molar-refractivity contribution in [3.63, 3.8) is 0 Å². The average molecular weight is 435 g/mol. The molecule has 0 spiro atoms. The summed E-state index contributed by atoms with van der Waals surface area (Å²) in [5, 5.41) is 15.0. The molecular formula is C26H30N2O4. The van der Waals surface area contributed by atoms with Crippen molar-refractivity contribution in [2.75, 3.05) is 0 Å². The molecule has 0 aliphatic heterocycles. The smallest absolute Gasteiger partial charge is 0.168 e. The van der Waals surface area contributed by atoms with E-state index in [4.69, 9.17) is 4.52 Å². The van der Waals surface area contributed by atoms with E-state index in [0.29, 0.717) is 60.4 Å². The van der Waals surface area contributed by atoms with Crippen molar-refractivity contribution < 1.29 is 19.2 Å². The molecule has 1 unspecified atom stereocenters. The first-order valence-corrected chi connectivity index (χ1v) is 11.3. The van der Waals surface area contributed by atoms with Gasteiger partial charge < -0.3 is 9.63 Å². The molecule has 1 aromatic carbocycles. The fourth-order valence-corrected chi connectivity index (χ4v) is 4.60. The van der Waals surface area contributed by atoms with Crippen molar-refractivity contribution >= 4 is 17.3 Å². The van der Waals surface area contributed by atoms with E-state index in [2.05, 4.69) is 10.1 Å². The molecule has 6 heteroatoms. The molecule has 1 heterocycles. The maximum atomic E-state index is 12.9. The highest BCUT2D eigenvalue weighted by Crippen LogP contribution is 2.35. The minimum Gasteiger partial charge on any atom is -0.511 e. The number of rotatable bonds is 4. The number of aromatic nitrogens is 1. The predicted octanol–water partition coefficient (Wildman–Crippen LogP) is 5.32. The van der Waals surface area contributed by atoms with Gasteiger partial charge in [0.05, 0.1) is 22.4 Å². The summed E-state index contributed by atoms with van der Waals surface area (Å²) in [7, 11) is 0. The summed E-state index contributed by atoms with van der Waals surface area (Å²) in [5.41, 5.74) is 2.92. The van der Waals surface area contributed by atoms with Crippen LogP contribution >= 0.6 is 0 Å². The Morgan fingerprint density at radius 3 is 2.59 bits per heavy atom. The van der Waals surface area contributed by atoms with Crippen LogP contribution in [-0.2, 0) is 17.6 Å². The Hall–Kier alpha value is -3.02. The van der Waals surface area contributed by atoms with Gasteiger partial charge in [-0.05, 0) is 45.1 Å². The Morgan fingerprint density at radius 1 is 1.12 bits per heavy atom. The van der Waals surface area contributed by atoms with Crippen LogP contribution in [-0.4, -0.2) is 33.1 Å². The summed E-state index contributed by atoms with van der Waals surface area (Å²) in [5.74, 6) is 0.678. The van der Waals surface area contributed by atoms with E-state index < -0.39 is 0 Å². The van der Waals surface area contributed by atoms with E-state index in [-0.39, 0.29) is 35.2 Å². The third kappa shape index (κ3) is 4.74. The first kappa shape index (κ1) is 22.2. The third-order valence-electron chi connectivity index (χ3n) is 5.99. The topological polar surface area (TPSA) is 92.8 Å². The second kappa shape index (κ2) is 8.85. The predicted molar refractivity (Wildman–Crippen MR) is 122 cm³/mol. The van der Waals surface area contributed by atoms with Gasteiger partial charge in [0, 0.05) is 37.8 Å². The molecule has 2 aromatic rings. The number of hydrogen-bond donors (Lipinski definition) is 1. The molecule has 4 rings (SSSR count). The van der Waals surface area contributed by atoms with E-state index in [1.807, 2.05) is 51.1 Å². The van der Waals surface area contributed by atoms with Crippen LogP contribution < -0.4 is 0 Å². The van der Waals surface area contributed by atoms with Crippen LogP contribution in [0.5, 0.6) is 0 Å².